The molecule has 0 aliphatic carbocycles. The fourth-order valence-electron chi connectivity index (χ4n) is 1.59. The van der Waals surface area contributed by atoms with E-state index in [9.17, 15) is 4.79 Å². The molecular formula is C10H12BN2O. The minimum atomic E-state index is 0.0439. The van der Waals surface area contributed by atoms with Crippen LogP contribution >= 0.6 is 0 Å². The number of nitrogens with zero attached hydrogens (tertiary/aromatic N) is 2. The molecule has 0 atom stereocenters. The smallest absolute Gasteiger partial charge is 0.271 e. The molecule has 0 N–H and O–H groups in total. The minimum Gasteiger partial charge on any atom is -0.346 e. The Morgan fingerprint density at radius 3 is 3.07 bits per heavy atom. The predicted octanol–water partition coefficient (Wildman–Crippen LogP) is 0.926. The van der Waals surface area contributed by atoms with Crippen LogP contribution in [0.5, 0.6) is 0 Å². The van der Waals surface area contributed by atoms with Gasteiger partial charge in [-0.05, 0) is 25.5 Å². The van der Waals surface area contributed by atoms with Crippen LogP contribution in [0.1, 0.15) is 16.2 Å². The first-order chi connectivity index (χ1) is 6.77. The zero-order valence-electron chi connectivity index (χ0n) is 8.23. The molecule has 1 aromatic heterocycles. The van der Waals surface area contributed by atoms with Crippen molar-refractivity contribution in [1.29, 1.82) is 0 Å². The maximum atomic E-state index is 11.8. The van der Waals surface area contributed by atoms with Crippen LogP contribution in [-0.4, -0.2) is 36.1 Å². The van der Waals surface area contributed by atoms with Gasteiger partial charge in [-0.2, -0.15) is 0 Å². The maximum absolute atomic E-state index is 11.8. The number of carbonyl (C=O) groups excluding carboxylic acids is 1. The molecule has 1 aliphatic heterocycles. The van der Waals surface area contributed by atoms with E-state index in [1.165, 1.54) is 0 Å². The quantitative estimate of drug-likeness (QED) is 0.612. The van der Waals surface area contributed by atoms with E-state index in [1.54, 1.807) is 6.07 Å². The molecule has 71 valence electrons. The van der Waals surface area contributed by atoms with Gasteiger partial charge in [0.15, 0.2) is 0 Å². The lowest BCUT2D eigenvalue weighted by Crippen LogP contribution is -2.29. The van der Waals surface area contributed by atoms with Crippen molar-refractivity contribution in [2.45, 2.75) is 13.2 Å². The average molecular weight is 187 g/mol. The molecule has 1 amide bonds. The highest BCUT2D eigenvalue weighted by atomic mass is 16.2. The Balaban J connectivity index is 2.17. The van der Waals surface area contributed by atoms with Crippen LogP contribution in [0.2, 0.25) is 6.32 Å². The fourth-order valence-corrected chi connectivity index (χ4v) is 1.59. The molecule has 14 heavy (non-hydrogen) atoms. The van der Waals surface area contributed by atoms with Crippen molar-refractivity contribution in [1.82, 2.24) is 9.88 Å². The molecule has 2 heterocycles. The van der Waals surface area contributed by atoms with Crippen LogP contribution in [-0.2, 0) is 0 Å². The van der Waals surface area contributed by atoms with Gasteiger partial charge in [0.05, 0.1) is 0 Å². The third kappa shape index (κ3) is 1.79. The highest BCUT2D eigenvalue weighted by Gasteiger charge is 2.20. The third-order valence-corrected chi connectivity index (χ3v) is 2.35. The number of rotatable bonds is 1. The van der Waals surface area contributed by atoms with E-state index in [0.29, 0.717) is 5.69 Å². The summed E-state index contributed by atoms with van der Waals surface area (Å²) in [6, 6.07) is 5.54. The average Bonchev–Trinajstić information content (AvgIpc) is 2.69. The number of aryl methyl sites for hydroxylation is 1. The molecule has 1 saturated heterocycles. The standard InChI is InChI=1S/C10H12BN2O/c1-8-3-2-4-9(12-8)10(14)13-6-5-11-7-13/h2-4H,5-7H2,1H3. The maximum Gasteiger partial charge on any atom is 0.271 e. The summed E-state index contributed by atoms with van der Waals surface area (Å²) in [4.78, 5) is 17.9. The summed E-state index contributed by atoms with van der Waals surface area (Å²) in [5, 5.41) is 0. The summed E-state index contributed by atoms with van der Waals surface area (Å²) in [6.07, 6.45) is 1.76. The van der Waals surface area contributed by atoms with Gasteiger partial charge in [0.25, 0.3) is 5.91 Å². The molecular weight excluding hydrogens is 175 g/mol. The fraction of sp³-hybridized carbons (Fsp3) is 0.400. The van der Waals surface area contributed by atoms with Gasteiger partial charge in [0.2, 0.25) is 0 Å². The van der Waals surface area contributed by atoms with Gasteiger partial charge < -0.3 is 4.90 Å². The Morgan fingerprint density at radius 1 is 1.57 bits per heavy atom. The number of amides is 1. The molecule has 3 nitrogen and oxygen atoms in total. The number of hydrogen-bond acceptors (Lipinski definition) is 2. The number of hydrogen-bond donors (Lipinski definition) is 0. The monoisotopic (exact) mass is 187 g/mol. The zero-order valence-corrected chi connectivity index (χ0v) is 8.23. The van der Waals surface area contributed by atoms with Crippen molar-refractivity contribution in [2.24, 2.45) is 0 Å². The molecule has 1 aliphatic rings. The molecule has 0 bridgehead atoms. The lowest BCUT2D eigenvalue weighted by atomic mass is 9.79. The van der Waals surface area contributed by atoms with Gasteiger partial charge in [0, 0.05) is 12.2 Å². The second-order valence-corrected chi connectivity index (χ2v) is 3.49. The number of carbonyl (C=O) groups is 1. The van der Waals surface area contributed by atoms with Crippen LogP contribution in [0.15, 0.2) is 18.2 Å². The first kappa shape index (κ1) is 9.25. The molecule has 4 heteroatoms. The molecule has 2 rings (SSSR count). The van der Waals surface area contributed by atoms with Crippen LogP contribution in [0.4, 0.5) is 0 Å². The van der Waals surface area contributed by atoms with E-state index >= 15 is 0 Å². The Kier molecular flexibility index (Phi) is 2.52. The molecule has 1 fully saturated rings. The van der Waals surface area contributed by atoms with Crippen molar-refractivity contribution in [3.05, 3.63) is 29.6 Å². The molecule has 0 saturated carbocycles. The van der Waals surface area contributed by atoms with E-state index < -0.39 is 0 Å². The molecule has 0 aromatic carbocycles. The van der Waals surface area contributed by atoms with Crippen molar-refractivity contribution in [2.75, 3.05) is 13.0 Å². The SMILES string of the molecule is Cc1cccc(C(=O)N2C[B]CC2)n1. The Labute approximate surface area is 84.4 Å². The third-order valence-electron chi connectivity index (χ3n) is 2.35. The largest absolute Gasteiger partial charge is 0.346 e. The topological polar surface area (TPSA) is 33.2 Å². The molecule has 0 spiro atoms. The summed E-state index contributed by atoms with van der Waals surface area (Å²) in [5.41, 5.74) is 1.44. The number of pyridine rings is 1. The summed E-state index contributed by atoms with van der Waals surface area (Å²) >= 11 is 0. The minimum absolute atomic E-state index is 0.0439. The van der Waals surface area contributed by atoms with Gasteiger partial charge in [-0.1, -0.05) is 12.4 Å². The van der Waals surface area contributed by atoms with Crippen LogP contribution in [0.25, 0.3) is 0 Å². The van der Waals surface area contributed by atoms with E-state index in [-0.39, 0.29) is 5.91 Å². The van der Waals surface area contributed by atoms with Crippen molar-refractivity contribution in [3.63, 3.8) is 0 Å². The molecule has 0 unspecified atom stereocenters. The Hall–Kier alpha value is -1.32. The summed E-state index contributed by atoms with van der Waals surface area (Å²) in [5.74, 6) is 0.0439. The van der Waals surface area contributed by atoms with Crippen LogP contribution in [0, 0.1) is 6.92 Å². The van der Waals surface area contributed by atoms with E-state index in [0.717, 1.165) is 25.0 Å². The predicted molar refractivity (Wildman–Crippen MR) is 55.4 cm³/mol. The highest BCUT2D eigenvalue weighted by Crippen LogP contribution is 2.07. The summed E-state index contributed by atoms with van der Waals surface area (Å²) in [7, 11) is 2.12. The number of aromatic nitrogens is 1. The van der Waals surface area contributed by atoms with Gasteiger partial charge in [-0.15, -0.1) is 0 Å². The summed E-state index contributed by atoms with van der Waals surface area (Å²) < 4.78 is 0. The van der Waals surface area contributed by atoms with Gasteiger partial charge in [0.1, 0.15) is 13.0 Å². The Morgan fingerprint density at radius 2 is 2.43 bits per heavy atom. The normalized spacial score (nSPS) is 15.4. The lowest BCUT2D eigenvalue weighted by Gasteiger charge is -2.14. The first-order valence-corrected chi connectivity index (χ1v) is 4.82. The van der Waals surface area contributed by atoms with Crippen molar-refractivity contribution < 1.29 is 4.79 Å². The van der Waals surface area contributed by atoms with Crippen molar-refractivity contribution >= 4 is 13.2 Å². The lowest BCUT2D eigenvalue weighted by molar-refractivity contribution is 0.0795. The summed E-state index contributed by atoms with van der Waals surface area (Å²) in [6.45, 7) is 2.72. The zero-order chi connectivity index (χ0) is 9.97. The Bertz CT molecular complexity index is 348. The van der Waals surface area contributed by atoms with E-state index in [1.807, 2.05) is 24.0 Å². The highest BCUT2D eigenvalue weighted by molar-refractivity contribution is 6.37. The van der Waals surface area contributed by atoms with Crippen molar-refractivity contribution in [3.8, 4) is 0 Å². The van der Waals surface area contributed by atoms with Gasteiger partial charge in [-0.25, -0.2) is 4.98 Å². The molecule has 1 aromatic rings. The second-order valence-electron chi connectivity index (χ2n) is 3.49. The van der Waals surface area contributed by atoms with Gasteiger partial charge >= 0.3 is 0 Å². The van der Waals surface area contributed by atoms with E-state index in [2.05, 4.69) is 12.3 Å². The second kappa shape index (κ2) is 3.82. The first-order valence-electron chi connectivity index (χ1n) is 4.82. The van der Waals surface area contributed by atoms with Crippen LogP contribution in [0.3, 0.4) is 0 Å². The van der Waals surface area contributed by atoms with E-state index in [4.69, 9.17) is 0 Å². The molecule has 1 radical (unpaired) electrons. The van der Waals surface area contributed by atoms with Gasteiger partial charge in [-0.3, -0.25) is 4.79 Å². The van der Waals surface area contributed by atoms with Crippen LogP contribution < -0.4 is 0 Å².